The van der Waals surface area contributed by atoms with Crippen LogP contribution in [0.15, 0.2) is 24.3 Å². The summed E-state index contributed by atoms with van der Waals surface area (Å²) in [6, 6.07) is 8.01. The molecule has 0 fully saturated rings. The van der Waals surface area contributed by atoms with Crippen LogP contribution < -0.4 is 4.90 Å². The minimum Gasteiger partial charge on any atom is -0.348 e. The van der Waals surface area contributed by atoms with Gasteiger partial charge in [0.1, 0.15) is 11.8 Å². The molecule has 68 valence electrons. The summed E-state index contributed by atoms with van der Waals surface area (Å²) in [5, 5.41) is 0. The van der Waals surface area contributed by atoms with E-state index in [1.807, 2.05) is 23.1 Å². The zero-order valence-electron chi connectivity index (χ0n) is 7.11. The normalized spacial score (nSPS) is 20.1. The molecule has 13 heavy (non-hydrogen) atoms. The highest BCUT2D eigenvalue weighted by atomic mass is 35.5. The molecule has 0 aliphatic carbocycles. The Bertz CT molecular complexity index is 326. The summed E-state index contributed by atoms with van der Waals surface area (Å²) >= 11 is 6.09. The van der Waals surface area contributed by atoms with Crippen molar-refractivity contribution >= 4 is 23.6 Å². The molecular formula is C10H10ClNO. The maximum absolute atomic E-state index is 10.4. The molecule has 1 aromatic rings. The van der Waals surface area contributed by atoms with Gasteiger partial charge in [0.15, 0.2) is 0 Å². The summed E-state index contributed by atoms with van der Waals surface area (Å²) in [5.41, 5.74) is 2.25. The molecule has 0 spiro atoms. The molecule has 0 N–H and O–H groups in total. The van der Waals surface area contributed by atoms with Crippen LogP contribution in [0.2, 0.25) is 0 Å². The first-order valence-electron chi connectivity index (χ1n) is 4.25. The molecule has 1 atom stereocenters. The third-order valence-corrected chi connectivity index (χ3v) is 2.69. The Kier molecular flexibility index (Phi) is 2.23. The lowest BCUT2D eigenvalue weighted by Gasteiger charge is -2.19. The zero-order chi connectivity index (χ0) is 9.26. The second kappa shape index (κ2) is 3.38. The molecular weight excluding hydrogens is 186 g/mol. The van der Waals surface area contributed by atoms with Gasteiger partial charge in [-0.2, -0.15) is 0 Å². The Morgan fingerprint density at radius 1 is 1.54 bits per heavy atom. The molecule has 0 aromatic heterocycles. The number of para-hydroxylation sites is 1. The van der Waals surface area contributed by atoms with Crippen LogP contribution in [-0.4, -0.2) is 18.3 Å². The highest BCUT2D eigenvalue weighted by molar-refractivity contribution is 6.22. The van der Waals surface area contributed by atoms with Crippen LogP contribution in [0.3, 0.4) is 0 Å². The Morgan fingerprint density at radius 3 is 3.08 bits per heavy atom. The molecule has 2 rings (SSSR count). The van der Waals surface area contributed by atoms with Crippen molar-refractivity contribution < 1.29 is 4.79 Å². The molecule has 0 amide bonds. The summed E-state index contributed by atoms with van der Waals surface area (Å²) in [5.74, 6) is 0. The SMILES string of the molecule is O=CCN1c2ccccc2CC1Cl. The molecule has 1 heterocycles. The highest BCUT2D eigenvalue weighted by Gasteiger charge is 2.26. The fourth-order valence-corrected chi connectivity index (χ4v) is 2.05. The van der Waals surface area contributed by atoms with Crippen molar-refractivity contribution in [1.82, 2.24) is 0 Å². The zero-order valence-corrected chi connectivity index (χ0v) is 7.87. The molecule has 2 nitrogen and oxygen atoms in total. The minimum atomic E-state index is -0.0670. The van der Waals surface area contributed by atoms with Gasteiger partial charge in [0.2, 0.25) is 0 Å². The molecule has 1 unspecified atom stereocenters. The molecule has 0 saturated carbocycles. The lowest BCUT2D eigenvalue weighted by molar-refractivity contribution is -0.106. The van der Waals surface area contributed by atoms with Crippen molar-refractivity contribution in [3.63, 3.8) is 0 Å². The summed E-state index contributed by atoms with van der Waals surface area (Å²) in [4.78, 5) is 12.3. The van der Waals surface area contributed by atoms with Gasteiger partial charge in [0, 0.05) is 12.1 Å². The van der Waals surface area contributed by atoms with E-state index < -0.39 is 0 Å². The second-order valence-electron chi connectivity index (χ2n) is 3.09. The fourth-order valence-electron chi connectivity index (χ4n) is 1.70. The van der Waals surface area contributed by atoms with Crippen LogP contribution in [0.25, 0.3) is 0 Å². The number of halogens is 1. The largest absolute Gasteiger partial charge is 0.348 e. The number of hydrogen-bond donors (Lipinski definition) is 0. The first kappa shape index (κ1) is 8.57. The first-order chi connectivity index (χ1) is 6.33. The van der Waals surface area contributed by atoms with Gasteiger partial charge in [-0.25, -0.2) is 0 Å². The number of carbonyl (C=O) groups excluding carboxylic acids is 1. The molecule has 1 aliphatic heterocycles. The number of nitrogens with zero attached hydrogens (tertiary/aromatic N) is 1. The third-order valence-electron chi connectivity index (χ3n) is 2.30. The predicted molar refractivity (Wildman–Crippen MR) is 53.2 cm³/mol. The van der Waals surface area contributed by atoms with E-state index >= 15 is 0 Å². The lowest BCUT2D eigenvalue weighted by Crippen LogP contribution is -2.28. The molecule has 0 radical (unpaired) electrons. The minimum absolute atomic E-state index is 0.0670. The Labute approximate surface area is 82.1 Å². The smallest absolute Gasteiger partial charge is 0.139 e. The van der Waals surface area contributed by atoms with Gasteiger partial charge >= 0.3 is 0 Å². The van der Waals surface area contributed by atoms with Crippen molar-refractivity contribution in [3.05, 3.63) is 29.8 Å². The summed E-state index contributed by atoms with van der Waals surface area (Å²) < 4.78 is 0. The van der Waals surface area contributed by atoms with E-state index in [9.17, 15) is 4.79 Å². The second-order valence-corrected chi connectivity index (χ2v) is 3.59. The molecule has 0 bridgehead atoms. The average Bonchev–Trinajstić information content (AvgIpc) is 2.44. The number of benzene rings is 1. The van der Waals surface area contributed by atoms with Crippen molar-refractivity contribution in [1.29, 1.82) is 0 Å². The van der Waals surface area contributed by atoms with E-state index in [2.05, 4.69) is 6.07 Å². The predicted octanol–water partition coefficient (Wildman–Crippen LogP) is 1.81. The van der Waals surface area contributed by atoms with Crippen LogP contribution in [0.4, 0.5) is 5.69 Å². The lowest BCUT2D eigenvalue weighted by atomic mass is 10.2. The first-order valence-corrected chi connectivity index (χ1v) is 4.69. The van der Waals surface area contributed by atoms with Crippen LogP contribution >= 0.6 is 11.6 Å². The number of rotatable bonds is 2. The van der Waals surface area contributed by atoms with E-state index in [4.69, 9.17) is 11.6 Å². The van der Waals surface area contributed by atoms with Crippen molar-refractivity contribution in [2.75, 3.05) is 11.4 Å². The van der Waals surface area contributed by atoms with Gasteiger partial charge in [0.25, 0.3) is 0 Å². The number of fused-ring (bicyclic) bond motifs is 1. The Morgan fingerprint density at radius 2 is 2.31 bits per heavy atom. The number of aldehydes is 1. The van der Waals surface area contributed by atoms with E-state index in [1.165, 1.54) is 5.56 Å². The molecule has 1 aliphatic rings. The number of hydrogen-bond acceptors (Lipinski definition) is 2. The van der Waals surface area contributed by atoms with Gasteiger partial charge in [-0.15, -0.1) is 0 Å². The summed E-state index contributed by atoms with van der Waals surface area (Å²) in [6.45, 7) is 0.380. The average molecular weight is 196 g/mol. The molecule has 0 saturated heterocycles. The topological polar surface area (TPSA) is 20.3 Å². The van der Waals surface area contributed by atoms with Crippen molar-refractivity contribution in [2.24, 2.45) is 0 Å². The van der Waals surface area contributed by atoms with Crippen LogP contribution in [-0.2, 0) is 11.2 Å². The van der Waals surface area contributed by atoms with Crippen molar-refractivity contribution in [3.8, 4) is 0 Å². The van der Waals surface area contributed by atoms with Crippen LogP contribution in [0, 0.1) is 0 Å². The van der Waals surface area contributed by atoms with Gasteiger partial charge in [-0.05, 0) is 11.6 Å². The van der Waals surface area contributed by atoms with Gasteiger partial charge in [-0.1, -0.05) is 29.8 Å². The highest BCUT2D eigenvalue weighted by Crippen LogP contribution is 2.32. The number of anilines is 1. The van der Waals surface area contributed by atoms with Gasteiger partial charge < -0.3 is 9.69 Å². The molecule has 1 aromatic carbocycles. The van der Waals surface area contributed by atoms with E-state index in [0.29, 0.717) is 6.54 Å². The van der Waals surface area contributed by atoms with Crippen LogP contribution in [0.1, 0.15) is 5.56 Å². The van der Waals surface area contributed by atoms with Gasteiger partial charge in [0.05, 0.1) is 6.54 Å². The fraction of sp³-hybridized carbons (Fsp3) is 0.300. The Balaban J connectivity index is 2.34. The molecule has 3 heteroatoms. The number of carbonyl (C=O) groups is 1. The van der Waals surface area contributed by atoms with E-state index in [1.54, 1.807) is 0 Å². The third kappa shape index (κ3) is 1.42. The standard InChI is InChI=1S/C10H10ClNO/c11-10-7-8-3-1-2-4-9(8)12(10)5-6-13/h1-4,6,10H,5,7H2. The quantitative estimate of drug-likeness (QED) is 0.408. The van der Waals surface area contributed by atoms with Crippen LogP contribution in [0.5, 0.6) is 0 Å². The van der Waals surface area contributed by atoms with E-state index in [-0.39, 0.29) is 5.50 Å². The summed E-state index contributed by atoms with van der Waals surface area (Å²) in [6.07, 6.45) is 1.71. The number of alkyl halides is 1. The maximum atomic E-state index is 10.4. The van der Waals surface area contributed by atoms with Crippen molar-refractivity contribution in [2.45, 2.75) is 11.9 Å². The summed E-state index contributed by atoms with van der Waals surface area (Å²) in [7, 11) is 0. The Hall–Kier alpha value is -1.02. The van der Waals surface area contributed by atoms with Gasteiger partial charge in [-0.3, -0.25) is 0 Å². The maximum Gasteiger partial charge on any atom is 0.139 e. The monoisotopic (exact) mass is 195 g/mol. The van der Waals surface area contributed by atoms with E-state index in [0.717, 1.165) is 18.4 Å².